The van der Waals surface area contributed by atoms with Crippen LogP contribution in [-0.4, -0.2) is 15.4 Å². The third kappa shape index (κ3) is 3.85. The van der Waals surface area contributed by atoms with E-state index < -0.39 is 4.92 Å². The second kappa shape index (κ2) is 4.59. The molecule has 0 amide bonds. The number of hydrogen-bond acceptors (Lipinski definition) is 5. The van der Waals surface area contributed by atoms with Gasteiger partial charge in [0, 0.05) is 17.8 Å². The van der Waals surface area contributed by atoms with E-state index in [-0.39, 0.29) is 11.2 Å². The van der Waals surface area contributed by atoms with Crippen molar-refractivity contribution in [3.05, 3.63) is 28.4 Å². The monoisotopic (exact) mass is 227 g/mol. The molecule has 1 N–H and O–H groups in total. The summed E-state index contributed by atoms with van der Waals surface area (Å²) >= 11 is 1.18. The van der Waals surface area contributed by atoms with Gasteiger partial charge in [0.15, 0.2) is 5.03 Å². The highest BCUT2D eigenvalue weighted by Crippen LogP contribution is 2.25. The molecule has 0 unspecified atom stereocenters. The van der Waals surface area contributed by atoms with Gasteiger partial charge in [-0.3, -0.25) is 14.8 Å². The standard InChI is InChI=1S/C9H13N3O2S/c1-9(2,3)11-15-8-7(12(13)14)5-4-6-10-8/h4-6,11H,1-3H3. The third-order valence-corrected chi connectivity index (χ3v) is 2.62. The van der Waals surface area contributed by atoms with E-state index in [9.17, 15) is 10.1 Å². The topological polar surface area (TPSA) is 68.1 Å². The van der Waals surface area contributed by atoms with Gasteiger partial charge in [0.2, 0.25) is 0 Å². The van der Waals surface area contributed by atoms with Crippen LogP contribution in [0.25, 0.3) is 0 Å². The summed E-state index contributed by atoms with van der Waals surface area (Å²) in [4.78, 5) is 14.2. The number of nitrogens with zero attached hydrogens (tertiary/aromatic N) is 2. The zero-order valence-corrected chi connectivity index (χ0v) is 9.67. The molecule has 0 aliphatic rings. The molecular formula is C9H13N3O2S. The Hall–Kier alpha value is -1.14. The molecule has 0 aromatic carbocycles. The van der Waals surface area contributed by atoms with E-state index in [1.54, 1.807) is 12.3 Å². The molecule has 0 spiro atoms. The van der Waals surface area contributed by atoms with Gasteiger partial charge in [-0.2, -0.15) is 0 Å². The van der Waals surface area contributed by atoms with Crippen molar-refractivity contribution in [1.29, 1.82) is 0 Å². The predicted octanol–water partition coefficient (Wildman–Crippen LogP) is 2.39. The molecular weight excluding hydrogens is 214 g/mol. The summed E-state index contributed by atoms with van der Waals surface area (Å²) in [6, 6.07) is 3.00. The maximum Gasteiger partial charge on any atom is 0.302 e. The first-order valence-electron chi connectivity index (χ1n) is 4.43. The number of nitrogens with one attached hydrogen (secondary N) is 1. The SMILES string of the molecule is CC(C)(C)NSc1ncccc1[N+](=O)[O-]. The molecule has 82 valence electrons. The van der Waals surface area contributed by atoms with Crippen LogP contribution in [-0.2, 0) is 0 Å². The van der Waals surface area contributed by atoms with Gasteiger partial charge in [0.25, 0.3) is 0 Å². The second-order valence-electron chi connectivity index (χ2n) is 4.04. The van der Waals surface area contributed by atoms with Crippen LogP contribution in [0.2, 0.25) is 0 Å². The first-order chi connectivity index (χ1) is 6.90. The summed E-state index contributed by atoms with van der Waals surface area (Å²) < 4.78 is 3.08. The van der Waals surface area contributed by atoms with E-state index >= 15 is 0 Å². The van der Waals surface area contributed by atoms with E-state index in [0.717, 1.165) is 0 Å². The Labute approximate surface area is 92.6 Å². The minimum atomic E-state index is -0.431. The second-order valence-corrected chi connectivity index (χ2v) is 4.83. The normalized spacial score (nSPS) is 11.4. The minimum Gasteiger partial charge on any atom is -0.258 e. The van der Waals surface area contributed by atoms with Crippen LogP contribution in [0.5, 0.6) is 0 Å². The summed E-state index contributed by atoms with van der Waals surface area (Å²) in [7, 11) is 0. The molecule has 0 saturated carbocycles. The number of hydrogen-bond donors (Lipinski definition) is 1. The highest BCUT2D eigenvalue weighted by Gasteiger charge is 2.17. The van der Waals surface area contributed by atoms with Gasteiger partial charge < -0.3 is 0 Å². The Morgan fingerprint density at radius 2 is 2.20 bits per heavy atom. The third-order valence-electron chi connectivity index (χ3n) is 1.40. The van der Waals surface area contributed by atoms with Crippen molar-refractivity contribution in [2.75, 3.05) is 0 Å². The van der Waals surface area contributed by atoms with Crippen LogP contribution < -0.4 is 4.72 Å². The molecule has 6 heteroatoms. The van der Waals surface area contributed by atoms with Gasteiger partial charge in [-0.25, -0.2) is 4.98 Å². The molecule has 1 aromatic heterocycles. The van der Waals surface area contributed by atoms with E-state index in [1.165, 1.54) is 18.0 Å². The molecule has 15 heavy (non-hydrogen) atoms. The smallest absolute Gasteiger partial charge is 0.258 e. The van der Waals surface area contributed by atoms with Crippen molar-refractivity contribution in [1.82, 2.24) is 9.71 Å². The summed E-state index contributed by atoms with van der Waals surface area (Å²) in [6.07, 6.45) is 1.54. The summed E-state index contributed by atoms with van der Waals surface area (Å²) in [5.41, 5.74) is -0.0879. The van der Waals surface area contributed by atoms with Crippen LogP contribution in [0.3, 0.4) is 0 Å². The Kier molecular flexibility index (Phi) is 3.65. The lowest BCUT2D eigenvalue weighted by Crippen LogP contribution is -2.29. The predicted molar refractivity (Wildman–Crippen MR) is 59.6 cm³/mol. The first kappa shape index (κ1) is 11.9. The van der Waals surface area contributed by atoms with Crippen LogP contribution in [0.15, 0.2) is 23.4 Å². The van der Waals surface area contributed by atoms with Gasteiger partial charge in [0.1, 0.15) is 0 Å². The minimum absolute atomic E-state index is 0.0271. The molecule has 1 aromatic rings. The fourth-order valence-electron chi connectivity index (χ4n) is 0.801. The highest BCUT2D eigenvalue weighted by molar-refractivity contribution is 7.97. The Balaban J connectivity index is 2.81. The summed E-state index contributed by atoms with van der Waals surface area (Å²) in [5, 5.41) is 11.1. The van der Waals surface area contributed by atoms with Gasteiger partial charge in [-0.1, -0.05) is 0 Å². The lowest BCUT2D eigenvalue weighted by Gasteiger charge is -2.18. The van der Waals surface area contributed by atoms with Crippen molar-refractivity contribution in [3.8, 4) is 0 Å². The lowest BCUT2D eigenvalue weighted by atomic mass is 10.1. The largest absolute Gasteiger partial charge is 0.302 e. The molecule has 5 nitrogen and oxygen atoms in total. The van der Waals surface area contributed by atoms with Crippen molar-refractivity contribution in [3.63, 3.8) is 0 Å². The van der Waals surface area contributed by atoms with E-state index in [0.29, 0.717) is 5.03 Å². The average Bonchev–Trinajstić information content (AvgIpc) is 2.14. The van der Waals surface area contributed by atoms with E-state index in [4.69, 9.17) is 0 Å². The molecule has 0 aliphatic carbocycles. The van der Waals surface area contributed by atoms with Crippen LogP contribution in [0.1, 0.15) is 20.8 Å². The average molecular weight is 227 g/mol. The van der Waals surface area contributed by atoms with Gasteiger partial charge in [0.05, 0.1) is 4.92 Å². The molecule has 0 radical (unpaired) electrons. The molecule has 0 atom stereocenters. The quantitative estimate of drug-likeness (QED) is 0.488. The van der Waals surface area contributed by atoms with Crippen molar-refractivity contribution < 1.29 is 4.92 Å². The zero-order valence-electron chi connectivity index (χ0n) is 8.85. The fourth-order valence-corrected chi connectivity index (χ4v) is 1.56. The molecule has 0 saturated heterocycles. The van der Waals surface area contributed by atoms with Gasteiger partial charge in [-0.15, -0.1) is 0 Å². The highest BCUT2D eigenvalue weighted by atomic mass is 32.2. The zero-order chi connectivity index (χ0) is 11.5. The Bertz CT molecular complexity index is 363. The number of rotatable bonds is 3. The van der Waals surface area contributed by atoms with E-state index in [2.05, 4.69) is 9.71 Å². The lowest BCUT2D eigenvalue weighted by molar-refractivity contribution is -0.388. The van der Waals surface area contributed by atoms with E-state index in [1.807, 2.05) is 20.8 Å². The van der Waals surface area contributed by atoms with Crippen molar-refractivity contribution >= 4 is 17.6 Å². The molecule has 1 rings (SSSR count). The van der Waals surface area contributed by atoms with Gasteiger partial charge >= 0.3 is 5.69 Å². The van der Waals surface area contributed by atoms with Crippen LogP contribution >= 0.6 is 11.9 Å². The first-order valence-corrected chi connectivity index (χ1v) is 5.25. The number of nitro groups is 1. The Morgan fingerprint density at radius 3 is 2.73 bits per heavy atom. The molecule has 0 aliphatic heterocycles. The van der Waals surface area contributed by atoms with Gasteiger partial charge in [-0.05, 0) is 38.8 Å². The van der Waals surface area contributed by atoms with Crippen LogP contribution in [0.4, 0.5) is 5.69 Å². The molecule has 1 heterocycles. The number of pyridine rings is 1. The number of aromatic nitrogens is 1. The summed E-state index contributed by atoms with van der Waals surface area (Å²) in [5.74, 6) is 0. The Morgan fingerprint density at radius 1 is 1.53 bits per heavy atom. The van der Waals surface area contributed by atoms with Crippen LogP contribution in [0, 0.1) is 10.1 Å². The fraction of sp³-hybridized carbons (Fsp3) is 0.444. The maximum atomic E-state index is 10.7. The van der Waals surface area contributed by atoms with Crippen molar-refractivity contribution in [2.45, 2.75) is 31.3 Å². The summed E-state index contributed by atoms with van der Waals surface area (Å²) in [6.45, 7) is 5.94. The maximum absolute atomic E-state index is 10.7. The molecule has 0 fully saturated rings. The van der Waals surface area contributed by atoms with Crippen molar-refractivity contribution in [2.24, 2.45) is 0 Å². The molecule has 0 bridgehead atoms.